The third-order valence-corrected chi connectivity index (χ3v) is 3.97. The fraction of sp³-hybridized carbons (Fsp3) is 0.158. The van der Waals surface area contributed by atoms with Crippen LogP contribution >= 0.6 is 0 Å². The second-order valence-electron chi connectivity index (χ2n) is 5.33. The maximum absolute atomic E-state index is 13.1. The second-order valence-corrected chi connectivity index (χ2v) is 5.33. The fourth-order valence-electron chi connectivity index (χ4n) is 2.76. The van der Waals surface area contributed by atoms with E-state index in [1.807, 2.05) is 30.3 Å². The normalized spacial score (nSPS) is 20.0. The lowest BCUT2D eigenvalue weighted by molar-refractivity contribution is -0.118. The first-order valence-corrected chi connectivity index (χ1v) is 7.47. The lowest BCUT2D eigenvalue weighted by Crippen LogP contribution is -2.31. The summed E-state index contributed by atoms with van der Waals surface area (Å²) in [5.74, 6) is -0.674. The van der Waals surface area contributed by atoms with Gasteiger partial charge >= 0.3 is 0 Å². The predicted octanol–water partition coefficient (Wildman–Crippen LogP) is 3.07. The summed E-state index contributed by atoms with van der Waals surface area (Å²) in [6.45, 7) is 3.75. The van der Waals surface area contributed by atoms with Crippen LogP contribution in [0.5, 0.6) is 11.5 Å². The van der Waals surface area contributed by atoms with Crippen molar-refractivity contribution in [3.8, 4) is 11.5 Å². The number of aromatic hydroxyl groups is 1. The van der Waals surface area contributed by atoms with Crippen molar-refractivity contribution >= 4 is 11.4 Å². The van der Waals surface area contributed by atoms with Crippen LogP contribution in [0.25, 0.3) is 5.57 Å². The largest absolute Gasteiger partial charge is 0.503 e. The molecular formula is C19H17NO4. The molecule has 5 nitrogen and oxygen atoms in total. The molecular weight excluding hydrogens is 306 g/mol. The molecule has 2 atom stereocenters. The van der Waals surface area contributed by atoms with Gasteiger partial charge in [0.05, 0.1) is 24.9 Å². The fourth-order valence-corrected chi connectivity index (χ4v) is 2.76. The number of pyridine rings is 1. The monoisotopic (exact) mass is 323 g/mol. The van der Waals surface area contributed by atoms with E-state index in [2.05, 4.69) is 11.6 Å². The van der Waals surface area contributed by atoms with Crippen molar-refractivity contribution in [3.05, 3.63) is 72.8 Å². The van der Waals surface area contributed by atoms with Crippen LogP contribution in [-0.2, 0) is 9.53 Å². The molecule has 0 aliphatic carbocycles. The minimum atomic E-state index is -0.545. The minimum absolute atomic E-state index is 0.141. The van der Waals surface area contributed by atoms with Gasteiger partial charge in [0.15, 0.2) is 17.3 Å². The van der Waals surface area contributed by atoms with E-state index in [0.29, 0.717) is 0 Å². The Kier molecular flexibility index (Phi) is 4.33. The summed E-state index contributed by atoms with van der Waals surface area (Å²) in [7, 11) is 1.44. The Morgan fingerprint density at radius 2 is 2.04 bits per heavy atom. The molecule has 24 heavy (non-hydrogen) atoms. The molecule has 3 rings (SSSR count). The van der Waals surface area contributed by atoms with Gasteiger partial charge in [-0.05, 0) is 5.56 Å². The SMILES string of the molecule is C=CC1OC=C(c2nccc(OC)c2O)C(=O)C1c1ccccc1. The smallest absolute Gasteiger partial charge is 0.184 e. The number of ketones is 1. The van der Waals surface area contributed by atoms with Gasteiger partial charge in [-0.1, -0.05) is 43.0 Å². The Bertz CT molecular complexity index is 798. The van der Waals surface area contributed by atoms with Crippen LogP contribution in [0.2, 0.25) is 0 Å². The lowest BCUT2D eigenvalue weighted by Gasteiger charge is -2.28. The molecule has 122 valence electrons. The topological polar surface area (TPSA) is 68.7 Å². The lowest BCUT2D eigenvalue weighted by atomic mass is 9.83. The highest BCUT2D eigenvalue weighted by Gasteiger charge is 2.37. The summed E-state index contributed by atoms with van der Waals surface area (Å²) in [5.41, 5.74) is 1.17. The van der Waals surface area contributed by atoms with Gasteiger partial charge in [-0.15, -0.1) is 0 Å². The van der Waals surface area contributed by atoms with Gasteiger partial charge in [0.2, 0.25) is 0 Å². The highest BCUT2D eigenvalue weighted by atomic mass is 16.5. The number of allylic oxidation sites excluding steroid dienone is 1. The summed E-state index contributed by atoms with van der Waals surface area (Å²) >= 11 is 0. The number of nitrogens with zero attached hydrogens (tertiary/aromatic N) is 1. The molecule has 0 amide bonds. The van der Waals surface area contributed by atoms with Crippen molar-refractivity contribution in [2.75, 3.05) is 7.11 Å². The molecule has 0 saturated heterocycles. The number of hydrogen-bond donors (Lipinski definition) is 1. The number of benzene rings is 1. The van der Waals surface area contributed by atoms with Crippen LogP contribution < -0.4 is 4.74 Å². The number of carbonyl (C=O) groups is 1. The first kappa shape index (κ1) is 15.8. The van der Waals surface area contributed by atoms with E-state index < -0.39 is 12.0 Å². The van der Waals surface area contributed by atoms with Crippen LogP contribution in [0, 0.1) is 0 Å². The third-order valence-electron chi connectivity index (χ3n) is 3.97. The molecule has 5 heteroatoms. The molecule has 1 aromatic heterocycles. The summed E-state index contributed by atoms with van der Waals surface area (Å²) < 4.78 is 10.7. The van der Waals surface area contributed by atoms with E-state index in [9.17, 15) is 9.90 Å². The maximum Gasteiger partial charge on any atom is 0.184 e. The minimum Gasteiger partial charge on any atom is -0.503 e. The van der Waals surface area contributed by atoms with Crippen molar-refractivity contribution < 1.29 is 19.4 Å². The zero-order valence-electron chi connectivity index (χ0n) is 13.2. The Morgan fingerprint density at radius 3 is 2.71 bits per heavy atom. The standard InChI is InChI=1S/C19H17NO4/c1-3-14-16(12-7-5-4-6-8-12)18(21)13(11-24-14)17-19(22)15(23-2)9-10-20-17/h3-11,14,16,22H,1H2,2H3. The Hall–Kier alpha value is -3.08. The number of Topliss-reactive ketones (excluding diaryl/α,β-unsaturated/α-hetero) is 1. The summed E-state index contributed by atoms with van der Waals surface area (Å²) in [6.07, 6.45) is 3.92. The molecule has 1 aliphatic heterocycles. The average molecular weight is 323 g/mol. The van der Waals surface area contributed by atoms with Crippen LogP contribution in [0.1, 0.15) is 17.2 Å². The molecule has 0 saturated carbocycles. The van der Waals surface area contributed by atoms with E-state index in [4.69, 9.17) is 9.47 Å². The van der Waals surface area contributed by atoms with E-state index in [1.165, 1.54) is 25.6 Å². The molecule has 0 bridgehead atoms. The van der Waals surface area contributed by atoms with Gasteiger partial charge < -0.3 is 14.6 Å². The van der Waals surface area contributed by atoms with Gasteiger partial charge in [-0.25, -0.2) is 0 Å². The first-order chi connectivity index (χ1) is 11.7. The number of methoxy groups -OCH3 is 1. The number of hydrogen-bond acceptors (Lipinski definition) is 5. The van der Waals surface area contributed by atoms with Crippen molar-refractivity contribution in [1.82, 2.24) is 4.98 Å². The van der Waals surface area contributed by atoms with E-state index >= 15 is 0 Å². The molecule has 0 spiro atoms. The van der Waals surface area contributed by atoms with Gasteiger partial charge in [0.1, 0.15) is 11.8 Å². The summed E-state index contributed by atoms with van der Waals surface area (Å²) in [6, 6.07) is 10.9. The number of aromatic nitrogens is 1. The third kappa shape index (κ3) is 2.65. The molecule has 1 aliphatic rings. The highest BCUT2D eigenvalue weighted by Crippen LogP contribution is 2.39. The Morgan fingerprint density at radius 1 is 1.29 bits per heavy atom. The van der Waals surface area contributed by atoms with Gasteiger partial charge in [0.25, 0.3) is 0 Å². The molecule has 1 N–H and O–H groups in total. The van der Waals surface area contributed by atoms with E-state index in [-0.39, 0.29) is 28.5 Å². The number of rotatable bonds is 4. The number of carbonyl (C=O) groups excluding carboxylic acids is 1. The molecule has 2 heterocycles. The average Bonchev–Trinajstić information content (AvgIpc) is 2.62. The van der Waals surface area contributed by atoms with Crippen molar-refractivity contribution in [2.45, 2.75) is 12.0 Å². The summed E-state index contributed by atoms with van der Waals surface area (Å²) in [5, 5.41) is 10.3. The molecule has 2 aromatic rings. The maximum atomic E-state index is 13.1. The quantitative estimate of drug-likeness (QED) is 0.876. The Balaban J connectivity index is 2.07. The summed E-state index contributed by atoms with van der Waals surface area (Å²) in [4.78, 5) is 17.2. The van der Waals surface area contributed by atoms with Crippen molar-refractivity contribution in [2.24, 2.45) is 0 Å². The zero-order valence-corrected chi connectivity index (χ0v) is 13.2. The van der Waals surface area contributed by atoms with Gasteiger partial charge in [0, 0.05) is 12.3 Å². The van der Waals surface area contributed by atoms with Crippen molar-refractivity contribution in [3.63, 3.8) is 0 Å². The Labute approximate surface area is 139 Å². The van der Waals surface area contributed by atoms with Gasteiger partial charge in [-0.3, -0.25) is 9.78 Å². The van der Waals surface area contributed by atoms with Crippen LogP contribution in [0.3, 0.4) is 0 Å². The second kappa shape index (κ2) is 6.58. The molecule has 2 unspecified atom stereocenters. The predicted molar refractivity (Wildman–Crippen MR) is 89.7 cm³/mol. The van der Waals surface area contributed by atoms with E-state index in [0.717, 1.165) is 5.56 Å². The van der Waals surface area contributed by atoms with Crippen LogP contribution in [0.4, 0.5) is 0 Å². The van der Waals surface area contributed by atoms with Crippen molar-refractivity contribution in [1.29, 1.82) is 0 Å². The molecule has 0 fully saturated rings. The molecule has 1 aromatic carbocycles. The highest BCUT2D eigenvalue weighted by molar-refractivity contribution is 6.24. The van der Waals surface area contributed by atoms with Gasteiger partial charge in [-0.2, -0.15) is 0 Å². The van der Waals surface area contributed by atoms with Crippen LogP contribution in [0.15, 0.2) is 61.5 Å². The molecule has 0 radical (unpaired) electrons. The first-order valence-electron chi connectivity index (χ1n) is 7.47. The van der Waals surface area contributed by atoms with Crippen LogP contribution in [-0.4, -0.2) is 29.1 Å². The van der Waals surface area contributed by atoms with E-state index in [1.54, 1.807) is 6.08 Å². The number of ether oxygens (including phenoxy) is 2. The zero-order chi connectivity index (χ0) is 17.1.